The van der Waals surface area contributed by atoms with Gasteiger partial charge < -0.3 is 0 Å². The van der Waals surface area contributed by atoms with Gasteiger partial charge in [-0.3, -0.25) is 2.78 Å². The molecule has 0 aliphatic carbocycles. The summed E-state index contributed by atoms with van der Waals surface area (Å²) in [6, 6.07) is 21.2. The van der Waals surface area contributed by atoms with E-state index in [4.69, 9.17) is 0 Å². The molecule has 2 heteroatoms. The number of rotatable bonds is 1. The number of benzene rings is 2. The lowest BCUT2D eigenvalue weighted by molar-refractivity contribution is 1.41. The number of aromatic nitrogens is 1. The van der Waals surface area contributed by atoms with E-state index in [0.717, 1.165) is 0 Å². The first-order valence-electron chi connectivity index (χ1n) is 5.18. The molecule has 0 bridgehead atoms. The zero-order chi connectivity index (χ0) is 11.0. The summed E-state index contributed by atoms with van der Waals surface area (Å²) in [4.78, 5) is 0. The fourth-order valence-corrected chi connectivity index (χ4v) is 2.78. The monoisotopic (exact) mass is 319 g/mol. The van der Waals surface area contributed by atoms with Gasteiger partial charge in [-0.05, 0) is 17.7 Å². The van der Waals surface area contributed by atoms with E-state index in [1.165, 1.54) is 22.2 Å². The van der Waals surface area contributed by atoms with E-state index in [1.54, 1.807) is 0 Å². The summed E-state index contributed by atoms with van der Waals surface area (Å²) in [5.41, 5.74) is 3.78. The molecule has 3 aromatic rings. The van der Waals surface area contributed by atoms with Crippen LogP contribution in [0.1, 0.15) is 0 Å². The molecule has 1 nitrogen and oxygen atoms in total. The average molecular weight is 319 g/mol. The van der Waals surface area contributed by atoms with Gasteiger partial charge in [0.25, 0.3) is 0 Å². The van der Waals surface area contributed by atoms with Crippen LogP contribution in [0.5, 0.6) is 0 Å². The predicted molar refractivity (Wildman–Crippen MR) is 76.8 cm³/mol. The molecule has 0 fully saturated rings. The van der Waals surface area contributed by atoms with E-state index in [9.17, 15) is 0 Å². The molecule has 0 aliphatic heterocycles. The molecule has 0 radical (unpaired) electrons. The third-order valence-electron chi connectivity index (χ3n) is 2.72. The number of para-hydroxylation sites is 1. The van der Waals surface area contributed by atoms with Crippen LogP contribution in [0.25, 0.3) is 22.2 Å². The maximum Gasteiger partial charge on any atom is 0.0646 e. The fourth-order valence-electron chi connectivity index (χ4n) is 1.93. The van der Waals surface area contributed by atoms with E-state index in [2.05, 4.69) is 80.2 Å². The summed E-state index contributed by atoms with van der Waals surface area (Å²) in [7, 11) is 0. The number of hydrogen-bond donors (Lipinski definition) is 0. The first kappa shape index (κ1) is 9.90. The molecule has 0 unspecified atom stereocenters. The Bertz CT molecular complexity index is 626. The maximum atomic E-state index is 2.35. The smallest absolute Gasteiger partial charge is 0.0646 e. The van der Waals surface area contributed by atoms with E-state index >= 15 is 0 Å². The van der Waals surface area contributed by atoms with Gasteiger partial charge in [0.2, 0.25) is 0 Å². The first-order chi connectivity index (χ1) is 7.86. The van der Waals surface area contributed by atoms with Crippen LogP contribution in [0.3, 0.4) is 0 Å². The molecule has 1 aromatic heterocycles. The van der Waals surface area contributed by atoms with Crippen LogP contribution >= 0.6 is 22.9 Å². The maximum absolute atomic E-state index is 2.35. The Morgan fingerprint density at radius 1 is 0.812 bits per heavy atom. The quantitative estimate of drug-likeness (QED) is 0.582. The number of fused-ring (bicyclic) bond motifs is 1. The van der Waals surface area contributed by atoms with Crippen molar-refractivity contribution in [3.8, 4) is 11.3 Å². The first-order valence-corrected chi connectivity index (χ1v) is 6.15. The van der Waals surface area contributed by atoms with Crippen molar-refractivity contribution in [2.75, 3.05) is 0 Å². The van der Waals surface area contributed by atoms with Crippen LogP contribution in [0.4, 0.5) is 0 Å². The van der Waals surface area contributed by atoms with Crippen LogP contribution < -0.4 is 0 Å². The second-order valence-electron chi connectivity index (χ2n) is 3.74. The van der Waals surface area contributed by atoms with Crippen molar-refractivity contribution < 1.29 is 0 Å². The Labute approximate surface area is 108 Å². The molecule has 3 rings (SSSR count). The standard InChI is InChI=1S/C14H10IN/c15-16-13-9-5-4-8-12(13)10-14(16)11-6-2-1-3-7-11/h1-10H. The van der Waals surface area contributed by atoms with Gasteiger partial charge in [0.05, 0.1) is 34.1 Å². The Balaban J connectivity index is 2.29. The van der Waals surface area contributed by atoms with Crippen molar-refractivity contribution in [3.05, 3.63) is 60.7 Å². The molecule has 0 amide bonds. The molecule has 0 N–H and O–H groups in total. The Morgan fingerprint density at radius 2 is 1.50 bits per heavy atom. The lowest BCUT2D eigenvalue weighted by Gasteiger charge is -2.01. The van der Waals surface area contributed by atoms with Crippen LogP contribution in [-0.2, 0) is 0 Å². The van der Waals surface area contributed by atoms with E-state index in [1.807, 2.05) is 6.07 Å². The van der Waals surface area contributed by atoms with Crippen LogP contribution in [0.2, 0.25) is 0 Å². The molecule has 78 valence electrons. The minimum Gasteiger partial charge on any atom is -0.282 e. The van der Waals surface area contributed by atoms with Crippen molar-refractivity contribution in [3.63, 3.8) is 0 Å². The van der Waals surface area contributed by atoms with E-state index in [0.29, 0.717) is 0 Å². The second-order valence-corrected chi connectivity index (χ2v) is 4.70. The second kappa shape index (κ2) is 3.94. The highest BCUT2D eigenvalue weighted by Crippen LogP contribution is 2.29. The number of halogens is 1. The number of nitrogens with zero attached hydrogens (tertiary/aromatic N) is 1. The van der Waals surface area contributed by atoms with Crippen molar-refractivity contribution in [2.24, 2.45) is 0 Å². The van der Waals surface area contributed by atoms with Gasteiger partial charge in [0.15, 0.2) is 0 Å². The predicted octanol–water partition coefficient (Wildman–Crippen LogP) is 4.51. The third kappa shape index (κ3) is 1.53. The molecule has 0 saturated heterocycles. The lowest BCUT2D eigenvalue weighted by atomic mass is 10.1. The van der Waals surface area contributed by atoms with Gasteiger partial charge >= 0.3 is 0 Å². The Kier molecular flexibility index (Phi) is 2.44. The molecule has 0 saturated carbocycles. The fraction of sp³-hybridized carbons (Fsp3) is 0. The summed E-state index contributed by atoms with van der Waals surface area (Å²) in [5, 5.41) is 1.29. The zero-order valence-electron chi connectivity index (χ0n) is 8.60. The molecule has 2 aromatic carbocycles. The summed E-state index contributed by atoms with van der Waals surface area (Å²) >= 11 is 2.35. The largest absolute Gasteiger partial charge is 0.282 e. The molecule has 1 heterocycles. The van der Waals surface area contributed by atoms with Crippen molar-refractivity contribution in [1.29, 1.82) is 0 Å². The minimum atomic E-state index is 1.25. The van der Waals surface area contributed by atoms with E-state index in [-0.39, 0.29) is 0 Å². The summed E-state index contributed by atoms with van der Waals surface area (Å²) in [5.74, 6) is 0. The molecule has 0 atom stereocenters. The Morgan fingerprint density at radius 3 is 2.25 bits per heavy atom. The number of hydrogen-bond acceptors (Lipinski definition) is 0. The van der Waals surface area contributed by atoms with Gasteiger partial charge in [0.1, 0.15) is 0 Å². The van der Waals surface area contributed by atoms with Crippen LogP contribution in [0, 0.1) is 0 Å². The molecular formula is C14H10IN. The highest BCUT2D eigenvalue weighted by Gasteiger charge is 2.07. The van der Waals surface area contributed by atoms with Crippen LogP contribution in [-0.4, -0.2) is 2.78 Å². The summed E-state index contributed by atoms with van der Waals surface area (Å²) in [6.07, 6.45) is 0. The van der Waals surface area contributed by atoms with Crippen molar-refractivity contribution >= 4 is 33.8 Å². The van der Waals surface area contributed by atoms with Crippen molar-refractivity contribution in [2.45, 2.75) is 0 Å². The van der Waals surface area contributed by atoms with Gasteiger partial charge in [-0.15, -0.1) is 0 Å². The molecule has 0 spiro atoms. The summed E-state index contributed by atoms with van der Waals surface area (Å²) in [6.45, 7) is 0. The van der Waals surface area contributed by atoms with E-state index < -0.39 is 0 Å². The minimum absolute atomic E-state index is 1.25. The van der Waals surface area contributed by atoms with Gasteiger partial charge in [-0.2, -0.15) is 0 Å². The van der Waals surface area contributed by atoms with Gasteiger partial charge in [0, 0.05) is 5.39 Å². The normalized spacial score (nSPS) is 10.8. The topological polar surface area (TPSA) is 4.93 Å². The third-order valence-corrected chi connectivity index (χ3v) is 3.76. The molecule has 16 heavy (non-hydrogen) atoms. The average Bonchev–Trinajstić information content (AvgIpc) is 2.69. The summed E-state index contributed by atoms with van der Waals surface area (Å²) < 4.78 is 2.21. The zero-order valence-corrected chi connectivity index (χ0v) is 10.8. The van der Waals surface area contributed by atoms with Gasteiger partial charge in [-0.25, -0.2) is 0 Å². The van der Waals surface area contributed by atoms with Crippen LogP contribution in [0.15, 0.2) is 60.7 Å². The van der Waals surface area contributed by atoms with Gasteiger partial charge in [-0.1, -0.05) is 48.5 Å². The highest BCUT2D eigenvalue weighted by molar-refractivity contribution is 14.1. The SMILES string of the molecule is In1c(-c2ccccc2)cc2ccccc21. The lowest BCUT2D eigenvalue weighted by Crippen LogP contribution is -1.82. The highest BCUT2D eigenvalue weighted by atomic mass is 127. The van der Waals surface area contributed by atoms with Crippen molar-refractivity contribution in [1.82, 2.24) is 2.78 Å². The Hall–Kier alpha value is -1.29. The molecule has 0 aliphatic rings. The molecular weight excluding hydrogens is 309 g/mol.